The summed E-state index contributed by atoms with van der Waals surface area (Å²) >= 11 is 0. The van der Waals surface area contributed by atoms with Gasteiger partial charge in [0.1, 0.15) is 10.6 Å². The van der Waals surface area contributed by atoms with Crippen LogP contribution >= 0.6 is 0 Å². The van der Waals surface area contributed by atoms with Crippen molar-refractivity contribution >= 4 is 39.1 Å². The van der Waals surface area contributed by atoms with E-state index >= 15 is 0 Å². The van der Waals surface area contributed by atoms with Crippen molar-refractivity contribution in [3.63, 3.8) is 0 Å². The van der Waals surface area contributed by atoms with Crippen LogP contribution in [0.15, 0.2) is 70.8 Å². The van der Waals surface area contributed by atoms with Crippen LogP contribution in [0.3, 0.4) is 0 Å². The Hall–Kier alpha value is -4.23. The van der Waals surface area contributed by atoms with Gasteiger partial charge in [0, 0.05) is 26.5 Å². The molecule has 0 aliphatic carbocycles. The van der Waals surface area contributed by atoms with E-state index in [0.29, 0.717) is 17.9 Å². The molecular weight excluding hydrogens is 514 g/mol. The van der Waals surface area contributed by atoms with Crippen LogP contribution in [-0.2, 0) is 24.3 Å². The molecule has 200 valence electrons. The molecule has 38 heavy (non-hydrogen) atoms. The number of aromatic nitrogens is 2. The third kappa shape index (κ3) is 5.24. The summed E-state index contributed by atoms with van der Waals surface area (Å²) in [5.74, 6) is -1.01. The number of fused-ring (bicyclic) bond motifs is 1. The number of carbonyl (C=O) groups is 2. The minimum atomic E-state index is -4.09. The highest BCUT2D eigenvalue weighted by Gasteiger charge is 2.41. The number of esters is 1. The van der Waals surface area contributed by atoms with Crippen LogP contribution in [0.4, 0.5) is 11.4 Å². The first-order chi connectivity index (χ1) is 18.3. The molecular formula is C25H27N5O7S. The highest BCUT2D eigenvalue weighted by Crippen LogP contribution is 2.35. The minimum Gasteiger partial charge on any atom is -0.495 e. The molecule has 1 aliphatic heterocycles. The molecule has 0 saturated heterocycles. The molecule has 0 bridgehead atoms. The lowest BCUT2D eigenvalue weighted by Crippen LogP contribution is -2.47. The van der Waals surface area contributed by atoms with E-state index in [9.17, 15) is 18.0 Å². The molecule has 3 aromatic rings. The average molecular weight is 542 g/mol. The smallest absolute Gasteiger partial charge is 0.341 e. The zero-order valence-corrected chi connectivity index (χ0v) is 21.8. The Morgan fingerprint density at radius 2 is 1.79 bits per heavy atom. The van der Waals surface area contributed by atoms with Crippen LogP contribution in [0.25, 0.3) is 0 Å². The molecule has 13 heteroatoms. The van der Waals surface area contributed by atoms with Crippen molar-refractivity contribution in [1.82, 2.24) is 14.1 Å². The minimum absolute atomic E-state index is 0.00704. The normalized spacial score (nSPS) is 14.7. The average Bonchev–Trinajstić information content (AvgIpc) is 3.40. The van der Waals surface area contributed by atoms with Crippen LogP contribution in [0.2, 0.25) is 0 Å². The fourth-order valence-corrected chi connectivity index (χ4v) is 5.60. The second-order valence-corrected chi connectivity index (χ2v) is 9.98. The molecule has 0 spiro atoms. The largest absolute Gasteiger partial charge is 0.495 e. The third-order valence-electron chi connectivity index (χ3n) is 5.78. The first kappa shape index (κ1) is 26.8. The number of ether oxygens (including phenoxy) is 3. The molecule has 1 unspecified atom stereocenters. The predicted molar refractivity (Wildman–Crippen MR) is 138 cm³/mol. The zero-order valence-electron chi connectivity index (χ0n) is 21.0. The summed E-state index contributed by atoms with van der Waals surface area (Å²) < 4.78 is 45.0. The first-order valence-electron chi connectivity index (χ1n) is 11.6. The molecule has 1 atom stereocenters. The molecule has 1 N–H and O–H groups in total. The maximum absolute atomic E-state index is 13.9. The highest BCUT2D eigenvalue weighted by atomic mass is 32.2. The van der Waals surface area contributed by atoms with Crippen molar-refractivity contribution in [2.75, 3.05) is 39.8 Å². The Balaban J connectivity index is 1.87. The molecule has 4 rings (SSSR count). The number of rotatable bonds is 10. The maximum atomic E-state index is 13.9. The number of hydrogen-bond acceptors (Lipinski definition) is 9. The van der Waals surface area contributed by atoms with Crippen molar-refractivity contribution in [3.05, 3.63) is 66.5 Å². The number of methoxy groups -OCH3 is 3. The van der Waals surface area contributed by atoms with E-state index in [1.807, 2.05) is 0 Å². The summed E-state index contributed by atoms with van der Waals surface area (Å²) in [7, 11) is 0.104. The van der Waals surface area contributed by atoms with E-state index in [4.69, 9.17) is 14.2 Å². The quantitative estimate of drug-likeness (QED) is 0.305. The molecule has 1 amide bonds. The van der Waals surface area contributed by atoms with Gasteiger partial charge >= 0.3 is 5.97 Å². The number of nitrogens with zero attached hydrogens (tertiary/aromatic N) is 4. The van der Waals surface area contributed by atoms with Gasteiger partial charge in [-0.15, -0.1) is 0 Å². The summed E-state index contributed by atoms with van der Waals surface area (Å²) in [4.78, 5) is 30.6. The van der Waals surface area contributed by atoms with Crippen LogP contribution in [0.1, 0.15) is 22.8 Å². The SMILES string of the molecule is COCCCN1C(C(C(=O)Nc2ccccc2OC)n2cc(C(=O)OC)cn2)=Nc2ccccc2S1(=O)=O. The van der Waals surface area contributed by atoms with E-state index in [2.05, 4.69) is 15.4 Å². The van der Waals surface area contributed by atoms with Crippen LogP contribution in [-0.4, -0.2) is 74.7 Å². The molecule has 2 heterocycles. The number of amidine groups is 1. The lowest BCUT2D eigenvalue weighted by molar-refractivity contribution is -0.117. The fourth-order valence-electron chi connectivity index (χ4n) is 3.98. The van der Waals surface area contributed by atoms with E-state index in [1.165, 1.54) is 44.5 Å². The number of nitrogens with one attached hydrogen (secondary N) is 1. The Morgan fingerprint density at radius 3 is 2.53 bits per heavy atom. The van der Waals surface area contributed by atoms with E-state index in [-0.39, 0.29) is 35.1 Å². The molecule has 12 nitrogen and oxygen atoms in total. The summed E-state index contributed by atoms with van der Waals surface area (Å²) in [6.45, 7) is 0.278. The summed E-state index contributed by atoms with van der Waals surface area (Å²) in [6.07, 6.45) is 2.88. The third-order valence-corrected chi connectivity index (χ3v) is 7.63. The topological polar surface area (TPSA) is 141 Å². The Labute approximate surface area is 219 Å². The van der Waals surface area contributed by atoms with Gasteiger partial charge in [-0.05, 0) is 30.7 Å². The van der Waals surface area contributed by atoms with Crippen molar-refractivity contribution in [2.24, 2.45) is 4.99 Å². The molecule has 0 radical (unpaired) electrons. The monoisotopic (exact) mass is 541 g/mol. The molecule has 2 aromatic carbocycles. The van der Waals surface area contributed by atoms with Crippen molar-refractivity contribution in [3.8, 4) is 5.75 Å². The van der Waals surface area contributed by atoms with Gasteiger partial charge in [0.15, 0.2) is 11.9 Å². The number of amides is 1. The summed E-state index contributed by atoms with van der Waals surface area (Å²) in [5.41, 5.74) is 0.616. The lowest BCUT2D eigenvalue weighted by atomic mass is 10.2. The van der Waals surface area contributed by atoms with E-state index < -0.39 is 27.9 Å². The van der Waals surface area contributed by atoms with E-state index in [0.717, 1.165) is 4.31 Å². The van der Waals surface area contributed by atoms with Crippen LogP contribution < -0.4 is 10.1 Å². The predicted octanol–water partition coefficient (Wildman–Crippen LogP) is 2.63. The van der Waals surface area contributed by atoms with Gasteiger partial charge in [-0.1, -0.05) is 24.3 Å². The number of sulfonamides is 1. The second-order valence-electron chi connectivity index (χ2n) is 8.15. The lowest BCUT2D eigenvalue weighted by Gasteiger charge is -2.33. The van der Waals surface area contributed by atoms with Gasteiger partial charge in [0.05, 0.1) is 37.4 Å². The molecule has 1 aliphatic rings. The Kier molecular flexibility index (Phi) is 8.08. The van der Waals surface area contributed by atoms with Gasteiger partial charge in [0.25, 0.3) is 15.9 Å². The van der Waals surface area contributed by atoms with Crippen LogP contribution in [0.5, 0.6) is 5.75 Å². The number of carbonyl (C=O) groups excluding carboxylic acids is 2. The number of anilines is 1. The van der Waals surface area contributed by atoms with Crippen LogP contribution in [0, 0.1) is 0 Å². The van der Waals surface area contributed by atoms with Gasteiger partial charge in [-0.2, -0.15) is 5.10 Å². The van der Waals surface area contributed by atoms with Gasteiger partial charge < -0.3 is 19.5 Å². The summed E-state index contributed by atoms with van der Waals surface area (Å²) in [5, 5.41) is 6.98. The highest BCUT2D eigenvalue weighted by molar-refractivity contribution is 7.90. The molecule has 0 fully saturated rings. The van der Waals surface area contributed by atoms with Gasteiger partial charge in [0.2, 0.25) is 0 Å². The van der Waals surface area contributed by atoms with Crippen molar-refractivity contribution in [1.29, 1.82) is 0 Å². The number of aliphatic imine (C=N–C) groups is 1. The van der Waals surface area contributed by atoms with E-state index in [1.54, 1.807) is 42.5 Å². The number of hydrogen-bond donors (Lipinski definition) is 1. The van der Waals surface area contributed by atoms with Gasteiger partial charge in [-0.25, -0.2) is 18.2 Å². The second kappa shape index (κ2) is 11.4. The standard InChI is InChI=1S/C25H27N5O7S/c1-35-14-8-13-30-23(27-19-10-5-7-12-21(19)38(30,33)34)22(29-16-17(15-26-29)25(32)37-3)24(31)28-18-9-4-6-11-20(18)36-2/h4-7,9-12,15-16,22H,8,13-14H2,1-3H3,(H,28,31). The number of para-hydroxylation sites is 3. The van der Waals surface area contributed by atoms with Crippen molar-refractivity contribution < 1.29 is 32.2 Å². The fraction of sp³-hybridized carbons (Fsp3) is 0.280. The zero-order chi connectivity index (χ0) is 27.3. The molecule has 1 aromatic heterocycles. The maximum Gasteiger partial charge on any atom is 0.341 e. The number of benzene rings is 2. The van der Waals surface area contributed by atoms with Gasteiger partial charge in [-0.3, -0.25) is 13.8 Å². The Morgan fingerprint density at radius 1 is 1.05 bits per heavy atom. The summed E-state index contributed by atoms with van der Waals surface area (Å²) in [6, 6.07) is 11.7. The Bertz CT molecular complexity index is 1470. The van der Waals surface area contributed by atoms with Crippen molar-refractivity contribution in [2.45, 2.75) is 17.4 Å². The molecule has 0 saturated carbocycles. The first-order valence-corrected chi connectivity index (χ1v) is 13.0.